The van der Waals surface area contributed by atoms with E-state index >= 15 is 0 Å². The first-order valence-corrected chi connectivity index (χ1v) is 3.81. The number of thiol groups is 1. The van der Waals surface area contributed by atoms with Gasteiger partial charge in [-0.25, -0.2) is 9.78 Å². The summed E-state index contributed by atoms with van der Waals surface area (Å²) in [6.45, 7) is 0. The fourth-order valence-electron chi connectivity index (χ4n) is 0.808. The summed E-state index contributed by atoms with van der Waals surface area (Å²) in [6, 6.07) is 3.24. The number of ether oxygens (including phenoxy) is 1. The van der Waals surface area contributed by atoms with E-state index in [1.807, 2.05) is 0 Å². The van der Waals surface area contributed by atoms with Gasteiger partial charge in [0.2, 0.25) is 0 Å². The number of hydrogen-bond acceptors (Lipinski definition) is 5. The molecule has 0 amide bonds. The number of pyridine rings is 1. The molecule has 0 unspecified atom stereocenters. The van der Waals surface area contributed by atoms with E-state index in [0.29, 0.717) is 4.90 Å². The molecule has 0 aromatic carbocycles. The van der Waals surface area contributed by atoms with E-state index in [2.05, 4.69) is 22.3 Å². The highest BCUT2D eigenvalue weighted by Crippen LogP contribution is 2.11. The van der Waals surface area contributed by atoms with Gasteiger partial charge in [0.1, 0.15) is 6.07 Å². The van der Waals surface area contributed by atoms with E-state index in [0.717, 1.165) is 0 Å². The van der Waals surface area contributed by atoms with Crippen LogP contribution in [0.3, 0.4) is 0 Å². The minimum atomic E-state index is -0.583. The summed E-state index contributed by atoms with van der Waals surface area (Å²) in [7, 11) is 1.24. The van der Waals surface area contributed by atoms with Crippen molar-refractivity contribution >= 4 is 18.6 Å². The lowest BCUT2D eigenvalue weighted by molar-refractivity contribution is 0.0599. The van der Waals surface area contributed by atoms with Crippen LogP contribution < -0.4 is 0 Å². The molecule has 66 valence electrons. The molecule has 0 bridgehead atoms. The fourth-order valence-corrected chi connectivity index (χ4v) is 0.995. The molecule has 1 aromatic rings. The average molecular weight is 194 g/mol. The lowest BCUT2D eigenvalue weighted by atomic mass is 10.2. The summed E-state index contributed by atoms with van der Waals surface area (Å²) in [6.07, 6.45) is 1.40. The first kappa shape index (κ1) is 9.55. The number of carbonyl (C=O) groups is 1. The van der Waals surface area contributed by atoms with Crippen LogP contribution in [0.5, 0.6) is 0 Å². The molecule has 13 heavy (non-hydrogen) atoms. The van der Waals surface area contributed by atoms with Gasteiger partial charge < -0.3 is 4.74 Å². The molecule has 0 spiro atoms. The smallest absolute Gasteiger partial charge is 0.340 e. The van der Waals surface area contributed by atoms with Gasteiger partial charge >= 0.3 is 5.97 Å². The van der Waals surface area contributed by atoms with E-state index in [1.54, 1.807) is 6.07 Å². The van der Waals surface area contributed by atoms with Crippen LogP contribution in [0.1, 0.15) is 16.1 Å². The number of nitrogens with zero attached hydrogens (tertiary/aromatic N) is 2. The van der Waals surface area contributed by atoms with E-state index in [-0.39, 0.29) is 11.3 Å². The highest BCUT2D eigenvalue weighted by atomic mass is 32.1. The number of esters is 1. The van der Waals surface area contributed by atoms with Crippen LogP contribution in [-0.2, 0) is 4.74 Å². The number of rotatable bonds is 1. The van der Waals surface area contributed by atoms with E-state index < -0.39 is 5.97 Å². The number of nitriles is 1. The van der Waals surface area contributed by atoms with Gasteiger partial charge in [-0.1, -0.05) is 0 Å². The van der Waals surface area contributed by atoms with Gasteiger partial charge in [-0.05, 0) is 6.07 Å². The Morgan fingerprint density at radius 3 is 3.00 bits per heavy atom. The normalized spacial score (nSPS) is 9.00. The highest BCUT2D eigenvalue weighted by molar-refractivity contribution is 7.80. The second-order valence-electron chi connectivity index (χ2n) is 2.19. The topological polar surface area (TPSA) is 63.0 Å². The molecule has 0 radical (unpaired) electrons. The van der Waals surface area contributed by atoms with Crippen LogP contribution in [0, 0.1) is 11.3 Å². The molecule has 1 aromatic heterocycles. The average Bonchev–Trinajstić information content (AvgIpc) is 2.16. The summed E-state index contributed by atoms with van der Waals surface area (Å²) in [5.74, 6) is -0.583. The van der Waals surface area contributed by atoms with Gasteiger partial charge in [0, 0.05) is 11.1 Å². The minimum absolute atomic E-state index is 0.0460. The molecule has 0 fully saturated rings. The molecule has 0 aliphatic rings. The maximum Gasteiger partial charge on any atom is 0.340 e. The van der Waals surface area contributed by atoms with Gasteiger partial charge in [0.05, 0.1) is 12.7 Å². The quantitative estimate of drug-likeness (QED) is 0.535. The van der Waals surface area contributed by atoms with E-state index in [4.69, 9.17) is 5.26 Å². The Kier molecular flexibility index (Phi) is 2.88. The fraction of sp³-hybridized carbons (Fsp3) is 0.125. The second-order valence-corrected chi connectivity index (χ2v) is 2.71. The Morgan fingerprint density at radius 2 is 2.46 bits per heavy atom. The van der Waals surface area contributed by atoms with Crippen LogP contribution in [0.15, 0.2) is 17.2 Å². The number of methoxy groups -OCH3 is 1. The molecule has 0 saturated heterocycles. The third-order valence-corrected chi connectivity index (χ3v) is 1.63. The Hall–Kier alpha value is -1.54. The number of aromatic nitrogens is 1. The first-order chi connectivity index (χ1) is 6.19. The summed E-state index contributed by atoms with van der Waals surface area (Å²) in [4.78, 5) is 15.3. The maximum absolute atomic E-state index is 11.1. The minimum Gasteiger partial charge on any atom is -0.465 e. The van der Waals surface area contributed by atoms with Crippen LogP contribution in [0.25, 0.3) is 0 Å². The Labute approximate surface area is 80.6 Å². The largest absolute Gasteiger partial charge is 0.465 e. The zero-order valence-electron chi connectivity index (χ0n) is 6.81. The van der Waals surface area contributed by atoms with Gasteiger partial charge in [-0.15, -0.1) is 12.6 Å². The predicted octanol–water partition coefficient (Wildman–Crippen LogP) is 1.03. The molecular weight excluding hydrogens is 188 g/mol. The molecule has 0 N–H and O–H groups in total. The van der Waals surface area contributed by atoms with Crippen molar-refractivity contribution in [3.05, 3.63) is 23.5 Å². The summed E-state index contributed by atoms with van der Waals surface area (Å²) >= 11 is 3.99. The highest BCUT2D eigenvalue weighted by Gasteiger charge is 2.12. The molecule has 1 rings (SSSR count). The van der Waals surface area contributed by atoms with Gasteiger partial charge in [-0.3, -0.25) is 0 Å². The van der Waals surface area contributed by atoms with Gasteiger partial charge in [0.15, 0.2) is 5.69 Å². The molecule has 0 atom stereocenters. The van der Waals surface area contributed by atoms with Crippen molar-refractivity contribution < 1.29 is 9.53 Å². The second kappa shape index (κ2) is 3.92. The maximum atomic E-state index is 11.1. The predicted molar refractivity (Wildman–Crippen MR) is 47.5 cm³/mol. The SMILES string of the molecule is COC(=O)c1cc(S)cnc1C#N. The third kappa shape index (κ3) is 1.98. The zero-order chi connectivity index (χ0) is 9.84. The lowest BCUT2D eigenvalue weighted by Crippen LogP contribution is -2.05. The van der Waals surface area contributed by atoms with Gasteiger partial charge in [-0.2, -0.15) is 5.26 Å². The van der Waals surface area contributed by atoms with Crippen LogP contribution >= 0.6 is 12.6 Å². The molecule has 0 saturated carbocycles. The summed E-state index contributed by atoms with van der Waals surface area (Å²) < 4.78 is 4.47. The summed E-state index contributed by atoms with van der Waals surface area (Å²) in [5, 5.41) is 8.61. The van der Waals surface area contributed by atoms with Crippen molar-refractivity contribution in [1.29, 1.82) is 5.26 Å². The van der Waals surface area contributed by atoms with Crippen molar-refractivity contribution in [3.63, 3.8) is 0 Å². The number of hydrogen-bond donors (Lipinski definition) is 1. The van der Waals surface area contributed by atoms with Gasteiger partial charge in [0.25, 0.3) is 0 Å². The molecule has 1 heterocycles. The van der Waals surface area contributed by atoms with Crippen molar-refractivity contribution in [2.24, 2.45) is 0 Å². The Balaban J connectivity index is 3.25. The lowest BCUT2D eigenvalue weighted by Gasteiger charge is -2.00. The zero-order valence-corrected chi connectivity index (χ0v) is 7.71. The van der Waals surface area contributed by atoms with Crippen molar-refractivity contribution in [2.75, 3.05) is 7.11 Å². The van der Waals surface area contributed by atoms with Crippen LogP contribution in [0.4, 0.5) is 0 Å². The Bertz CT molecular complexity index is 384. The van der Waals surface area contributed by atoms with Crippen molar-refractivity contribution in [1.82, 2.24) is 4.98 Å². The van der Waals surface area contributed by atoms with Crippen LogP contribution in [0.2, 0.25) is 0 Å². The molecule has 0 aliphatic carbocycles. The first-order valence-electron chi connectivity index (χ1n) is 3.36. The van der Waals surface area contributed by atoms with Crippen molar-refractivity contribution in [2.45, 2.75) is 4.90 Å². The standard InChI is InChI=1S/C8H6N2O2S/c1-12-8(11)6-2-5(13)4-10-7(6)3-9/h2,4,13H,1H3. The number of carbonyl (C=O) groups excluding carboxylic acids is 1. The van der Waals surface area contributed by atoms with Crippen LogP contribution in [-0.4, -0.2) is 18.1 Å². The molecule has 4 nitrogen and oxygen atoms in total. The molecular formula is C8H6N2O2S. The molecule has 5 heteroatoms. The molecule has 0 aliphatic heterocycles. The van der Waals surface area contributed by atoms with Crippen molar-refractivity contribution in [3.8, 4) is 6.07 Å². The summed E-state index contributed by atoms with van der Waals surface area (Å²) in [5.41, 5.74) is 0.183. The van der Waals surface area contributed by atoms with E-state index in [1.165, 1.54) is 19.4 Å². The monoisotopic (exact) mass is 194 g/mol. The Morgan fingerprint density at radius 1 is 1.77 bits per heavy atom. The third-order valence-electron chi connectivity index (χ3n) is 1.38. The van der Waals surface area contributed by atoms with E-state index in [9.17, 15) is 4.79 Å².